The fourth-order valence-corrected chi connectivity index (χ4v) is 1.94. The number of hydrogen-bond donors (Lipinski definition) is 1. The first kappa shape index (κ1) is 14.6. The zero-order valence-electron chi connectivity index (χ0n) is 11.6. The number of furan rings is 1. The van der Waals surface area contributed by atoms with Crippen LogP contribution >= 0.6 is 0 Å². The number of hydrogen-bond acceptors (Lipinski definition) is 3. The van der Waals surface area contributed by atoms with Crippen LogP contribution in [-0.4, -0.2) is 35.6 Å². The van der Waals surface area contributed by atoms with E-state index >= 15 is 0 Å². The predicted octanol–water partition coefficient (Wildman–Crippen LogP) is 2.42. The molecule has 0 atom stereocenters. The van der Waals surface area contributed by atoms with Crippen LogP contribution in [-0.2, 0) is 11.3 Å². The Morgan fingerprint density at radius 3 is 2.48 bits per heavy atom. The lowest BCUT2D eigenvalue weighted by atomic mass is 10.3. The first-order chi connectivity index (χ1) is 10.1. The zero-order valence-corrected chi connectivity index (χ0v) is 11.6. The SMILES string of the molecule is CN(Cc1ccoc1)C(=O)N(CC(=O)O)c1ccccc1. The van der Waals surface area contributed by atoms with Crippen molar-refractivity contribution in [1.82, 2.24) is 4.90 Å². The standard InChI is InChI=1S/C15H16N2O4/c1-16(9-12-7-8-21-11-12)15(20)17(10-14(18)19)13-5-3-2-4-6-13/h2-8,11H,9-10H2,1H3,(H,18,19). The Morgan fingerprint density at radius 2 is 1.90 bits per heavy atom. The molecule has 0 unspecified atom stereocenters. The Hall–Kier alpha value is -2.76. The molecule has 0 saturated heterocycles. The molecule has 0 radical (unpaired) electrons. The van der Waals surface area contributed by atoms with Gasteiger partial charge in [-0.15, -0.1) is 0 Å². The van der Waals surface area contributed by atoms with Crippen molar-refractivity contribution in [2.24, 2.45) is 0 Å². The molecule has 0 bridgehead atoms. The van der Waals surface area contributed by atoms with Crippen molar-refractivity contribution in [1.29, 1.82) is 0 Å². The molecular formula is C15H16N2O4. The molecule has 0 aliphatic heterocycles. The number of aliphatic carboxylic acids is 1. The van der Waals surface area contributed by atoms with E-state index in [1.54, 1.807) is 43.6 Å². The molecule has 1 aromatic carbocycles. The van der Waals surface area contributed by atoms with Crippen molar-refractivity contribution < 1.29 is 19.1 Å². The normalized spacial score (nSPS) is 10.1. The summed E-state index contributed by atoms with van der Waals surface area (Å²) in [5, 5.41) is 9.01. The third kappa shape index (κ3) is 3.85. The van der Waals surface area contributed by atoms with Crippen molar-refractivity contribution in [2.45, 2.75) is 6.54 Å². The number of carbonyl (C=O) groups excluding carboxylic acids is 1. The van der Waals surface area contributed by atoms with E-state index in [4.69, 9.17) is 9.52 Å². The lowest BCUT2D eigenvalue weighted by Gasteiger charge is -2.26. The van der Waals surface area contributed by atoms with E-state index in [1.165, 1.54) is 16.1 Å². The van der Waals surface area contributed by atoms with Gasteiger partial charge in [-0.2, -0.15) is 0 Å². The van der Waals surface area contributed by atoms with Gasteiger partial charge in [-0.1, -0.05) is 18.2 Å². The maximum Gasteiger partial charge on any atom is 0.325 e. The number of urea groups is 1. The fraction of sp³-hybridized carbons (Fsp3) is 0.200. The van der Waals surface area contributed by atoms with Crippen molar-refractivity contribution in [3.8, 4) is 0 Å². The molecule has 0 spiro atoms. The summed E-state index contributed by atoms with van der Waals surface area (Å²) in [4.78, 5) is 26.1. The number of anilines is 1. The third-order valence-electron chi connectivity index (χ3n) is 2.92. The summed E-state index contributed by atoms with van der Waals surface area (Å²) in [5.41, 5.74) is 1.39. The fourth-order valence-electron chi connectivity index (χ4n) is 1.94. The molecule has 0 aliphatic carbocycles. The number of para-hydroxylation sites is 1. The van der Waals surface area contributed by atoms with Gasteiger partial charge in [-0.3, -0.25) is 9.69 Å². The molecule has 0 aliphatic rings. The predicted molar refractivity (Wildman–Crippen MR) is 77.0 cm³/mol. The topological polar surface area (TPSA) is 74.0 Å². The highest BCUT2D eigenvalue weighted by atomic mass is 16.4. The van der Waals surface area contributed by atoms with Gasteiger partial charge in [0.05, 0.1) is 19.1 Å². The van der Waals surface area contributed by atoms with Crippen LogP contribution in [0, 0.1) is 0 Å². The molecule has 1 N–H and O–H groups in total. The molecule has 1 aromatic heterocycles. The van der Waals surface area contributed by atoms with Crippen molar-refractivity contribution in [3.63, 3.8) is 0 Å². The van der Waals surface area contributed by atoms with Crippen molar-refractivity contribution in [3.05, 3.63) is 54.5 Å². The molecule has 110 valence electrons. The Labute approximate surface area is 122 Å². The van der Waals surface area contributed by atoms with Crippen LogP contribution in [0.1, 0.15) is 5.56 Å². The van der Waals surface area contributed by atoms with E-state index in [0.29, 0.717) is 12.2 Å². The van der Waals surface area contributed by atoms with Crippen LogP contribution in [0.3, 0.4) is 0 Å². The number of carbonyl (C=O) groups is 2. The summed E-state index contributed by atoms with van der Waals surface area (Å²) >= 11 is 0. The summed E-state index contributed by atoms with van der Waals surface area (Å²) in [6.45, 7) is -0.0448. The summed E-state index contributed by atoms with van der Waals surface area (Å²) < 4.78 is 4.96. The molecule has 2 amide bonds. The number of rotatable bonds is 5. The average Bonchev–Trinajstić information content (AvgIpc) is 2.97. The minimum Gasteiger partial charge on any atom is -0.480 e. The number of nitrogens with zero attached hydrogens (tertiary/aromatic N) is 2. The lowest BCUT2D eigenvalue weighted by Crippen LogP contribution is -2.43. The first-order valence-corrected chi connectivity index (χ1v) is 6.38. The summed E-state index contributed by atoms with van der Waals surface area (Å²) in [6.07, 6.45) is 3.08. The van der Waals surface area contributed by atoms with Gasteiger partial charge >= 0.3 is 12.0 Å². The summed E-state index contributed by atoms with van der Waals surface area (Å²) in [7, 11) is 1.62. The summed E-state index contributed by atoms with van der Waals surface area (Å²) in [6, 6.07) is 10.1. The van der Waals surface area contributed by atoms with Crippen molar-refractivity contribution >= 4 is 17.7 Å². The minimum absolute atomic E-state index is 0.346. The van der Waals surface area contributed by atoms with Gasteiger partial charge in [-0.25, -0.2) is 4.79 Å². The second-order valence-corrected chi connectivity index (χ2v) is 4.59. The lowest BCUT2D eigenvalue weighted by molar-refractivity contribution is -0.135. The van der Waals surface area contributed by atoms with Crippen LogP contribution in [0.2, 0.25) is 0 Å². The van der Waals surface area contributed by atoms with Gasteiger partial charge in [-0.05, 0) is 18.2 Å². The molecule has 0 saturated carbocycles. The van der Waals surface area contributed by atoms with Gasteiger partial charge < -0.3 is 14.4 Å². The number of benzene rings is 1. The van der Waals surface area contributed by atoms with Crippen LogP contribution in [0.15, 0.2) is 53.3 Å². The second kappa shape index (κ2) is 6.60. The van der Waals surface area contributed by atoms with E-state index in [1.807, 2.05) is 6.07 Å². The van der Waals surface area contributed by atoms with E-state index < -0.39 is 12.5 Å². The van der Waals surface area contributed by atoms with E-state index in [9.17, 15) is 9.59 Å². The molecule has 0 fully saturated rings. The van der Waals surface area contributed by atoms with Gasteiger partial charge in [0.15, 0.2) is 0 Å². The monoisotopic (exact) mass is 288 g/mol. The Kier molecular flexibility index (Phi) is 4.61. The summed E-state index contributed by atoms with van der Waals surface area (Å²) in [5.74, 6) is -1.07. The number of carboxylic acids is 1. The van der Waals surface area contributed by atoms with E-state index in [0.717, 1.165) is 5.56 Å². The molecular weight excluding hydrogens is 272 g/mol. The Balaban J connectivity index is 2.16. The second-order valence-electron chi connectivity index (χ2n) is 4.59. The van der Waals surface area contributed by atoms with Gasteiger partial charge in [0.2, 0.25) is 0 Å². The zero-order chi connectivity index (χ0) is 15.2. The van der Waals surface area contributed by atoms with Crippen molar-refractivity contribution in [2.75, 3.05) is 18.5 Å². The minimum atomic E-state index is -1.07. The molecule has 2 aromatic rings. The molecule has 21 heavy (non-hydrogen) atoms. The number of amides is 2. The van der Waals surface area contributed by atoms with E-state index in [2.05, 4.69) is 0 Å². The average molecular weight is 288 g/mol. The molecule has 2 rings (SSSR count). The largest absolute Gasteiger partial charge is 0.480 e. The number of carboxylic acid groups (broad SMARTS) is 1. The van der Waals surface area contributed by atoms with Gasteiger partial charge in [0, 0.05) is 18.3 Å². The van der Waals surface area contributed by atoms with Gasteiger partial charge in [0.1, 0.15) is 6.54 Å². The van der Waals surface area contributed by atoms with Crippen LogP contribution < -0.4 is 4.90 Å². The maximum absolute atomic E-state index is 12.5. The van der Waals surface area contributed by atoms with Gasteiger partial charge in [0.25, 0.3) is 0 Å². The third-order valence-corrected chi connectivity index (χ3v) is 2.92. The highest BCUT2D eigenvalue weighted by Gasteiger charge is 2.22. The quantitative estimate of drug-likeness (QED) is 0.917. The van der Waals surface area contributed by atoms with Crippen LogP contribution in [0.5, 0.6) is 0 Å². The smallest absolute Gasteiger partial charge is 0.325 e. The molecule has 6 heteroatoms. The Morgan fingerprint density at radius 1 is 1.19 bits per heavy atom. The molecule has 6 nitrogen and oxygen atoms in total. The van der Waals surface area contributed by atoms with E-state index in [-0.39, 0.29) is 6.03 Å². The highest BCUT2D eigenvalue weighted by molar-refractivity contribution is 5.96. The van der Waals surface area contributed by atoms with Crippen LogP contribution in [0.25, 0.3) is 0 Å². The van der Waals surface area contributed by atoms with Crippen LogP contribution in [0.4, 0.5) is 10.5 Å². The Bertz CT molecular complexity index is 595. The maximum atomic E-state index is 12.5. The first-order valence-electron chi connectivity index (χ1n) is 6.38. The molecule has 1 heterocycles. The highest BCUT2D eigenvalue weighted by Crippen LogP contribution is 2.16.